The van der Waals surface area contributed by atoms with Crippen LogP contribution in [0.5, 0.6) is 5.75 Å². The lowest BCUT2D eigenvalue weighted by molar-refractivity contribution is -0.111. The second-order valence-electron chi connectivity index (χ2n) is 10.7. The van der Waals surface area contributed by atoms with Crippen molar-refractivity contribution in [2.75, 3.05) is 45.2 Å². The Morgan fingerprint density at radius 2 is 1.90 bits per heavy atom. The molecule has 0 radical (unpaired) electrons. The topological polar surface area (TPSA) is 117 Å². The zero-order valence-electron chi connectivity index (χ0n) is 23.6. The van der Waals surface area contributed by atoms with Crippen LogP contribution in [-0.2, 0) is 4.79 Å². The van der Waals surface area contributed by atoms with Crippen molar-refractivity contribution in [2.24, 2.45) is 5.73 Å². The summed E-state index contributed by atoms with van der Waals surface area (Å²) in [6, 6.07) is 6.55. The van der Waals surface area contributed by atoms with Crippen molar-refractivity contribution in [3.8, 4) is 17.1 Å². The molecule has 0 amide bonds. The molecule has 212 valence electrons. The van der Waals surface area contributed by atoms with E-state index < -0.39 is 6.10 Å². The zero-order chi connectivity index (χ0) is 28.3. The molecule has 2 aromatic rings. The summed E-state index contributed by atoms with van der Waals surface area (Å²) in [7, 11) is 4.01. The van der Waals surface area contributed by atoms with E-state index in [0.717, 1.165) is 43.4 Å². The number of carbonyl (C=O) groups is 1. The minimum atomic E-state index is -0.652. The number of piperidine rings is 1. The molecule has 2 heterocycles. The lowest BCUT2D eigenvalue weighted by Crippen LogP contribution is -2.44. The number of nitrogens with zero attached hydrogens (tertiary/aromatic N) is 4. The number of hydrogen-bond acceptors (Lipinski definition) is 9. The minimum Gasteiger partial charge on any atom is -0.491 e. The van der Waals surface area contributed by atoms with Crippen molar-refractivity contribution in [3.63, 3.8) is 0 Å². The zero-order valence-corrected chi connectivity index (χ0v) is 24.4. The third-order valence-corrected chi connectivity index (χ3v) is 7.96. The molecule has 0 bridgehead atoms. The molecule has 1 saturated carbocycles. The van der Waals surface area contributed by atoms with Gasteiger partial charge in [0.1, 0.15) is 24.3 Å². The van der Waals surface area contributed by atoms with E-state index in [4.69, 9.17) is 32.0 Å². The summed E-state index contributed by atoms with van der Waals surface area (Å²) in [5.41, 5.74) is 8.92. The number of Topliss-reactive ketones (excluding diaryl/α,β-unsaturated/α-hetero) is 1. The summed E-state index contributed by atoms with van der Waals surface area (Å²) >= 11 is 6.65. The summed E-state index contributed by atoms with van der Waals surface area (Å²) in [4.78, 5) is 27.4. The predicted octanol–water partition coefficient (Wildman–Crippen LogP) is 3.41. The Bertz CT molecular complexity index is 1220. The van der Waals surface area contributed by atoms with E-state index in [1.807, 2.05) is 6.92 Å². The molecule has 39 heavy (non-hydrogen) atoms. The maximum absolute atomic E-state index is 12.7. The van der Waals surface area contributed by atoms with Crippen LogP contribution < -0.4 is 20.7 Å². The van der Waals surface area contributed by atoms with Crippen molar-refractivity contribution in [2.45, 2.75) is 64.6 Å². The first-order valence-electron chi connectivity index (χ1n) is 13.7. The molecular weight excluding hydrogens is 516 g/mol. The predicted molar refractivity (Wildman–Crippen MR) is 156 cm³/mol. The number of benzene rings is 1. The molecule has 4 rings (SSSR count). The number of halogens is 1. The quantitative estimate of drug-likeness (QED) is 0.358. The van der Waals surface area contributed by atoms with Gasteiger partial charge in [-0.2, -0.15) is 0 Å². The summed E-state index contributed by atoms with van der Waals surface area (Å²) in [5.74, 6) is 1.57. The molecule has 0 spiro atoms. The van der Waals surface area contributed by atoms with Gasteiger partial charge in [-0.05, 0) is 78.7 Å². The molecule has 1 aromatic heterocycles. The van der Waals surface area contributed by atoms with Gasteiger partial charge in [0.2, 0.25) is 0 Å². The molecule has 4 N–H and O–H groups in total. The fraction of sp³-hybridized carbons (Fsp3) is 0.552. The third kappa shape index (κ3) is 6.90. The van der Waals surface area contributed by atoms with Crippen LogP contribution in [0, 0.1) is 6.92 Å². The molecule has 10 heteroatoms. The number of aromatic nitrogens is 2. The Hall–Kier alpha value is -2.72. The molecule has 2 fully saturated rings. The number of anilines is 1. The highest BCUT2D eigenvalue weighted by atomic mass is 35.5. The molecule has 1 aliphatic heterocycles. The molecule has 0 unspecified atom stereocenters. The van der Waals surface area contributed by atoms with Crippen LogP contribution in [-0.4, -0.2) is 84.3 Å². The average Bonchev–Trinajstić information content (AvgIpc) is 3.74. The number of rotatable bonds is 11. The number of aliphatic hydroxyl groups is 1. The Labute approximate surface area is 236 Å². The van der Waals surface area contributed by atoms with Crippen molar-refractivity contribution in [1.82, 2.24) is 20.2 Å². The summed E-state index contributed by atoms with van der Waals surface area (Å²) in [6.07, 6.45) is 4.04. The molecule has 2 aliphatic rings. The highest BCUT2D eigenvalue weighted by molar-refractivity contribution is 6.33. The van der Waals surface area contributed by atoms with Gasteiger partial charge in [0.15, 0.2) is 11.6 Å². The SMILES string of the molecule is CNC[C@@H](O)COc1ccc(Cl)c(-c2nc(C(C(C)=O)=C(C)N)c(C)c(N3CCC(N(C)C4CC4)CC3)n2)c1. The van der Waals surface area contributed by atoms with Crippen molar-refractivity contribution >= 4 is 28.8 Å². The first-order chi connectivity index (χ1) is 18.6. The highest BCUT2D eigenvalue weighted by Crippen LogP contribution is 2.36. The maximum Gasteiger partial charge on any atom is 0.163 e. The van der Waals surface area contributed by atoms with Gasteiger partial charge >= 0.3 is 0 Å². The number of carbonyl (C=O) groups excluding carboxylic acids is 1. The molecule has 1 aromatic carbocycles. The number of allylic oxidation sites excluding steroid dienone is 2. The lowest BCUT2D eigenvalue weighted by Gasteiger charge is -2.38. The first kappa shape index (κ1) is 29.3. The molecule has 1 atom stereocenters. The minimum absolute atomic E-state index is 0.126. The Morgan fingerprint density at radius 1 is 1.23 bits per heavy atom. The number of nitrogens with one attached hydrogen (secondary N) is 1. The maximum atomic E-state index is 12.7. The van der Waals surface area contributed by atoms with E-state index in [0.29, 0.717) is 51.7 Å². The second kappa shape index (κ2) is 12.6. The van der Waals surface area contributed by atoms with Gasteiger partial charge in [0, 0.05) is 48.5 Å². The number of nitrogens with two attached hydrogens (primary N) is 1. The Kier molecular flexibility index (Phi) is 9.48. The third-order valence-electron chi connectivity index (χ3n) is 7.63. The van der Waals surface area contributed by atoms with Gasteiger partial charge in [-0.3, -0.25) is 4.79 Å². The van der Waals surface area contributed by atoms with Crippen LogP contribution in [0.1, 0.15) is 50.8 Å². The highest BCUT2D eigenvalue weighted by Gasteiger charge is 2.34. The van der Waals surface area contributed by atoms with Crippen molar-refractivity contribution < 1.29 is 14.6 Å². The Morgan fingerprint density at radius 3 is 2.49 bits per heavy atom. The van der Waals surface area contributed by atoms with E-state index in [1.54, 1.807) is 32.2 Å². The number of likely N-dealkylation sites (N-methyl/N-ethyl adjacent to an activating group) is 1. The second-order valence-corrected chi connectivity index (χ2v) is 11.1. The van der Waals surface area contributed by atoms with E-state index in [9.17, 15) is 9.90 Å². The van der Waals surface area contributed by atoms with Crippen LogP contribution >= 0.6 is 11.6 Å². The monoisotopic (exact) mass is 556 g/mol. The van der Waals surface area contributed by atoms with E-state index >= 15 is 0 Å². The molecule has 1 saturated heterocycles. The largest absolute Gasteiger partial charge is 0.491 e. The number of ether oxygens (including phenoxy) is 1. The van der Waals surface area contributed by atoms with Gasteiger partial charge < -0.3 is 30.7 Å². The van der Waals surface area contributed by atoms with Gasteiger partial charge in [0.25, 0.3) is 0 Å². The number of hydrogen-bond donors (Lipinski definition) is 3. The Balaban J connectivity index is 1.72. The van der Waals surface area contributed by atoms with Gasteiger partial charge in [0.05, 0.1) is 16.3 Å². The normalized spacial score (nSPS) is 17.8. The lowest BCUT2D eigenvalue weighted by atomic mass is 9.99. The fourth-order valence-electron chi connectivity index (χ4n) is 5.33. The molecule has 9 nitrogen and oxygen atoms in total. The molecule has 1 aliphatic carbocycles. The summed E-state index contributed by atoms with van der Waals surface area (Å²) in [6.45, 7) is 7.44. The first-order valence-corrected chi connectivity index (χ1v) is 14.1. The van der Waals surface area contributed by atoms with Crippen LogP contribution in [0.4, 0.5) is 5.82 Å². The smallest absolute Gasteiger partial charge is 0.163 e. The fourth-order valence-corrected chi connectivity index (χ4v) is 5.53. The summed E-state index contributed by atoms with van der Waals surface area (Å²) in [5, 5.41) is 13.4. The van der Waals surface area contributed by atoms with Crippen LogP contribution in [0.3, 0.4) is 0 Å². The standard InChI is InChI=1S/C29H41ClN6O3/c1-17-27(26(18(2)31)19(3)37)33-28(24-14-23(8-9-25(24)30)39-16-22(38)15-32-4)34-29(17)36-12-10-21(11-13-36)35(5)20-6-7-20/h8-9,14,20-22,32,38H,6-7,10-13,15-16,31H2,1-5H3/t22-/m1/s1. The van der Waals surface area contributed by atoms with Gasteiger partial charge in [-0.1, -0.05) is 11.6 Å². The van der Waals surface area contributed by atoms with Gasteiger partial charge in [-0.25, -0.2) is 9.97 Å². The average molecular weight is 557 g/mol. The van der Waals surface area contributed by atoms with Crippen LogP contribution in [0.25, 0.3) is 17.0 Å². The van der Waals surface area contributed by atoms with Crippen LogP contribution in [0.2, 0.25) is 5.02 Å². The van der Waals surface area contributed by atoms with Crippen LogP contribution in [0.15, 0.2) is 23.9 Å². The number of ketones is 1. The van der Waals surface area contributed by atoms with Crippen molar-refractivity contribution in [3.05, 3.63) is 40.2 Å². The van der Waals surface area contributed by atoms with Crippen molar-refractivity contribution in [1.29, 1.82) is 0 Å². The number of aliphatic hydroxyl groups excluding tert-OH is 1. The van der Waals surface area contributed by atoms with E-state index in [2.05, 4.69) is 22.2 Å². The van der Waals surface area contributed by atoms with E-state index in [1.165, 1.54) is 19.8 Å². The summed E-state index contributed by atoms with van der Waals surface area (Å²) < 4.78 is 5.82. The van der Waals surface area contributed by atoms with Gasteiger partial charge in [-0.15, -0.1) is 0 Å². The molecular formula is C29H41ClN6O3. The van der Waals surface area contributed by atoms with E-state index in [-0.39, 0.29) is 12.4 Å².